The van der Waals surface area contributed by atoms with Gasteiger partial charge >= 0.3 is 58.2 Å². The molecule has 0 atom stereocenters. The average molecular weight is 350 g/mol. The number of allylic oxidation sites excluding steroid dienone is 8. The molecule has 0 N–H and O–H groups in total. The SMILES string of the molecule is C=CN1CCCn2nc(C3=C/C=C\C=C/C=C\3)[c-]c2C1.[Rb+]. The summed E-state index contributed by atoms with van der Waals surface area (Å²) in [5.74, 6) is 0. The Hall–Kier alpha value is -0.485. The molecule has 3 nitrogen and oxygen atoms in total. The van der Waals surface area contributed by atoms with Crippen molar-refractivity contribution in [3.8, 4) is 0 Å². The Balaban J connectivity index is 0.00000161. The maximum absolute atomic E-state index is 4.70. The van der Waals surface area contributed by atoms with Gasteiger partial charge in [-0.1, -0.05) is 42.7 Å². The summed E-state index contributed by atoms with van der Waals surface area (Å²) in [5, 5.41) is 4.70. The summed E-state index contributed by atoms with van der Waals surface area (Å²) in [5.41, 5.74) is 3.15. The van der Waals surface area contributed by atoms with Gasteiger partial charge in [0.25, 0.3) is 0 Å². The standard InChI is InChI=1S/C17H18N3.Rb/c1-2-19-11-8-12-20-16(14-19)13-17(18-20)15-9-6-4-3-5-7-10-15;/h2-7,9-10H,1,8,11-12,14H2;/q-1;+1/b4-3-,5-3?,6-4?,7-5-,9-6-,10-7?,15-9?,15-10+;. The van der Waals surface area contributed by atoms with Crippen LogP contribution in [0.1, 0.15) is 17.8 Å². The molecule has 0 saturated carbocycles. The van der Waals surface area contributed by atoms with Crippen LogP contribution < -0.4 is 58.2 Å². The van der Waals surface area contributed by atoms with E-state index in [-0.39, 0.29) is 58.2 Å². The Morgan fingerprint density at radius 1 is 1.14 bits per heavy atom. The maximum Gasteiger partial charge on any atom is 1.00 e. The molecule has 1 aromatic heterocycles. The van der Waals surface area contributed by atoms with E-state index in [4.69, 9.17) is 5.10 Å². The van der Waals surface area contributed by atoms with Crippen LogP contribution in [0.3, 0.4) is 0 Å². The first-order valence-electron chi connectivity index (χ1n) is 6.94. The molecule has 4 heteroatoms. The van der Waals surface area contributed by atoms with E-state index in [1.54, 1.807) is 0 Å². The molecule has 1 aliphatic heterocycles. The second-order valence-corrected chi connectivity index (χ2v) is 4.90. The quantitative estimate of drug-likeness (QED) is 0.706. The van der Waals surface area contributed by atoms with Gasteiger partial charge in [0.2, 0.25) is 0 Å². The fourth-order valence-electron chi connectivity index (χ4n) is 2.42. The second-order valence-electron chi connectivity index (χ2n) is 4.90. The van der Waals surface area contributed by atoms with Crippen LogP contribution in [0.25, 0.3) is 5.57 Å². The molecule has 1 aromatic rings. The molecule has 0 bridgehead atoms. The monoisotopic (exact) mass is 349 g/mol. The van der Waals surface area contributed by atoms with E-state index in [0.29, 0.717) is 0 Å². The maximum atomic E-state index is 4.70. The van der Waals surface area contributed by atoms with Gasteiger partial charge in [-0.3, -0.25) is 4.68 Å². The number of hydrogen-bond donors (Lipinski definition) is 0. The molecule has 0 radical (unpaired) electrons. The van der Waals surface area contributed by atoms with Gasteiger partial charge < -0.3 is 4.90 Å². The van der Waals surface area contributed by atoms with Crippen molar-refractivity contribution in [2.24, 2.45) is 0 Å². The van der Waals surface area contributed by atoms with Gasteiger partial charge in [0.1, 0.15) is 0 Å². The molecule has 0 aromatic carbocycles. The van der Waals surface area contributed by atoms with Crippen LogP contribution in [-0.2, 0) is 13.1 Å². The molecular formula is C17H18N3Rb. The third-order valence-corrected chi connectivity index (χ3v) is 3.49. The molecule has 0 amide bonds. The van der Waals surface area contributed by atoms with Crippen molar-refractivity contribution in [3.63, 3.8) is 0 Å². The second kappa shape index (κ2) is 8.23. The number of nitrogens with zero attached hydrogens (tertiary/aromatic N) is 3. The largest absolute Gasteiger partial charge is 1.00 e. The zero-order chi connectivity index (χ0) is 13.8. The van der Waals surface area contributed by atoms with Crippen LogP contribution in [0.2, 0.25) is 0 Å². The van der Waals surface area contributed by atoms with E-state index in [2.05, 4.69) is 34.4 Å². The van der Waals surface area contributed by atoms with Gasteiger partial charge in [-0.2, -0.15) is 6.07 Å². The van der Waals surface area contributed by atoms with Crippen LogP contribution in [0, 0.1) is 6.07 Å². The number of aromatic nitrogens is 2. The third kappa shape index (κ3) is 4.25. The Bertz CT molecular complexity index is 620. The van der Waals surface area contributed by atoms with Crippen molar-refractivity contribution in [2.75, 3.05) is 6.54 Å². The Labute approximate surface area is 175 Å². The van der Waals surface area contributed by atoms with E-state index < -0.39 is 0 Å². The third-order valence-electron chi connectivity index (χ3n) is 3.49. The minimum absolute atomic E-state index is 0. The minimum Gasteiger partial charge on any atom is -0.374 e. The van der Waals surface area contributed by atoms with Crippen LogP contribution in [0.15, 0.2) is 55.3 Å². The topological polar surface area (TPSA) is 21.1 Å². The van der Waals surface area contributed by atoms with Crippen molar-refractivity contribution < 1.29 is 58.2 Å². The number of rotatable bonds is 2. The predicted octanol–water partition coefficient (Wildman–Crippen LogP) is 0.102. The Kier molecular flexibility index (Phi) is 6.61. The summed E-state index contributed by atoms with van der Waals surface area (Å²) < 4.78 is 2.08. The van der Waals surface area contributed by atoms with Gasteiger partial charge in [0, 0.05) is 19.6 Å². The van der Waals surface area contributed by atoms with Gasteiger partial charge in [-0.25, -0.2) is 5.10 Å². The van der Waals surface area contributed by atoms with Gasteiger partial charge in [-0.15, -0.1) is 17.7 Å². The number of aryl methyl sites for hydroxylation is 1. The fraction of sp³-hybridized carbons (Fsp3) is 0.235. The molecule has 3 rings (SSSR count). The molecule has 0 unspecified atom stereocenters. The molecule has 0 spiro atoms. The van der Waals surface area contributed by atoms with Gasteiger partial charge in [0.15, 0.2) is 0 Å². The van der Waals surface area contributed by atoms with Gasteiger partial charge in [0.05, 0.1) is 0 Å². The molecule has 2 aliphatic rings. The average Bonchev–Trinajstić information content (AvgIpc) is 2.70. The summed E-state index contributed by atoms with van der Waals surface area (Å²) in [6.07, 6.45) is 17.2. The number of hydrogen-bond acceptors (Lipinski definition) is 2. The Morgan fingerprint density at radius 3 is 2.81 bits per heavy atom. The smallest absolute Gasteiger partial charge is 0.374 e. The molecule has 0 saturated heterocycles. The van der Waals surface area contributed by atoms with Gasteiger partial charge in [-0.05, 0) is 18.3 Å². The summed E-state index contributed by atoms with van der Waals surface area (Å²) in [6.45, 7) is 6.68. The van der Waals surface area contributed by atoms with E-state index in [0.717, 1.165) is 43.0 Å². The van der Waals surface area contributed by atoms with E-state index in [1.807, 2.05) is 36.6 Å². The summed E-state index contributed by atoms with van der Waals surface area (Å²) in [6, 6.07) is 3.44. The van der Waals surface area contributed by atoms with Crippen LogP contribution in [0.4, 0.5) is 0 Å². The molecule has 102 valence electrons. The normalized spacial score (nSPS) is 24.2. The van der Waals surface area contributed by atoms with Crippen molar-refractivity contribution in [2.45, 2.75) is 19.5 Å². The summed E-state index contributed by atoms with van der Waals surface area (Å²) in [4.78, 5) is 2.21. The van der Waals surface area contributed by atoms with Crippen LogP contribution in [-0.4, -0.2) is 21.2 Å². The molecule has 0 fully saturated rings. The van der Waals surface area contributed by atoms with Crippen LogP contribution >= 0.6 is 0 Å². The van der Waals surface area contributed by atoms with E-state index in [1.165, 1.54) is 0 Å². The summed E-state index contributed by atoms with van der Waals surface area (Å²) in [7, 11) is 0. The fourth-order valence-corrected chi connectivity index (χ4v) is 2.42. The molecular weight excluding hydrogens is 332 g/mol. The molecule has 2 heterocycles. The predicted molar refractivity (Wildman–Crippen MR) is 81.7 cm³/mol. The van der Waals surface area contributed by atoms with Crippen molar-refractivity contribution in [1.82, 2.24) is 14.7 Å². The first-order chi connectivity index (χ1) is 9.86. The van der Waals surface area contributed by atoms with Crippen molar-refractivity contribution in [1.29, 1.82) is 0 Å². The zero-order valence-electron chi connectivity index (χ0n) is 12.5. The van der Waals surface area contributed by atoms with E-state index >= 15 is 0 Å². The first kappa shape index (κ1) is 16.9. The van der Waals surface area contributed by atoms with Crippen molar-refractivity contribution >= 4 is 5.57 Å². The molecule has 21 heavy (non-hydrogen) atoms. The summed E-state index contributed by atoms with van der Waals surface area (Å²) >= 11 is 0. The first-order valence-corrected chi connectivity index (χ1v) is 6.94. The zero-order valence-corrected chi connectivity index (χ0v) is 17.4. The number of fused-ring (bicyclic) bond motifs is 1. The van der Waals surface area contributed by atoms with Crippen LogP contribution in [0.5, 0.6) is 0 Å². The van der Waals surface area contributed by atoms with Crippen molar-refractivity contribution in [3.05, 3.63) is 72.8 Å². The minimum atomic E-state index is 0. The molecule has 1 aliphatic carbocycles. The Morgan fingerprint density at radius 2 is 1.95 bits per heavy atom. The van der Waals surface area contributed by atoms with E-state index in [9.17, 15) is 0 Å².